The van der Waals surface area contributed by atoms with Crippen LogP contribution in [-0.4, -0.2) is 39.3 Å². The van der Waals surface area contributed by atoms with Gasteiger partial charge in [0.15, 0.2) is 4.73 Å². The number of nitrogens with two attached hydrogens (primary N) is 1. The van der Waals surface area contributed by atoms with E-state index >= 15 is 0 Å². The summed E-state index contributed by atoms with van der Waals surface area (Å²) in [5.41, 5.74) is 18.5. The summed E-state index contributed by atoms with van der Waals surface area (Å²) < 4.78 is 10.3. The molecule has 0 saturated heterocycles. The zero-order valence-corrected chi connectivity index (χ0v) is 44.5. The molecule has 10 aromatic rings. The van der Waals surface area contributed by atoms with Crippen LogP contribution in [0.15, 0.2) is 138 Å². The molecule has 18 rings (SSSR count). The molecule has 4 heterocycles. The molecule has 73 heavy (non-hydrogen) atoms. The molecular weight excluding hydrogens is 961 g/mol. The van der Waals surface area contributed by atoms with E-state index in [1.807, 2.05) is 0 Å². The molecule has 9 heteroatoms. The number of hydrogen-bond donors (Lipinski definition) is 2. The number of fused-ring (bicyclic) bond motifs is 8. The first-order chi connectivity index (χ1) is 35.5. The Morgan fingerprint density at radius 2 is 0.795 bits per heavy atom. The van der Waals surface area contributed by atoms with E-state index in [0.717, 1.165) is 74.1 Å². The summed E-state index contributed by atoms with van der Waals surface area (Å²) in [6.07, 6.45) is 16.9. The number of para-hydroxylation sites is 6. The Labute approximate surface area is 437 Å². The lowest BCUT2D eigenvalue weighted by molar-refractivity contribution is 0.000360. The van der Waals surface area contributed by atoms with Crippen LogP contribution in [0.25, 0.3) is 77.1 Å². The maximum atomic E-state index is 6.32. The van der Waals surface area contributed by atoms with E-state index in [2.05, 4.69) is 201 Å². The molecule has 8 nitrogen and oxygen atoms in total. The first-order valence-corrected chi connectivity index (χ1v) is 28.5. The lowest BCUT2D eigenvalue weighted by Gasteiger charge is -2.57. The SMILES string of the molecule is CC(C)n1c(Br)nc2c(-n3c4ccccc4c4ccccc43)cccc21.CC(C)n1c(NC23CC4CC(CC(C4)C2)C3)nc2c(-n3c4ccccc4c4ccccc43)cccc21.NC12CC3CC(CC(C3)C1)C2. The van der Waals surface area contributed by atoms with Crippen LogP contribution < -0.4 is 11.1 Å². The highest BCUT2D eigenvalue weighted by Crippen LogP contribution is 2.57. The van der Waals surface area contributed by atoms with Crippen LogP contribution >= 0.6 is 15.9 Å². The molecular formula is C64H69BrN8. The van der Waals surface area contributed by atoms with Crippen LogP contribution in [0, 0.1) is 35.5 Å². The lowest BCUT2D eigenvalue weighted by atomic mass is 9.53. The molecule has 6 aromatic carbocycles. The number of halogens is 1. The first kappa shape index (κ1) is 45.7. The van der Waals surface area contributed by atoms with Gasteiger partial charge < -0.3 is 29.3 Å². The van der Waals surface area contributed by atoms with Crippen LogP contribution in [0.5, 0.6) is 0 Å². The molecule has 372 valence electrons. The van der Waals surface area contributed by atoms with E-state index in [9.17, 15) is 0 Å². The van der Waals surface area contributed by atoms with Crippen LogP contribution in [0.3, 0.4) is 0 Å². The molecule has 0 amide bonds. The van der Waals surface area contributed by atoms with E-state index in [-0.39, 0.29) is 5.54 Å². The predicted molar refractivity (Wildman–Crippen MR) is 306 cm³/mol. The van der Waals surface area contributed by atoms with Gasteiger partial charge in [0.25, 0.3) is 0 Å². The monoisotopic (exact) mass is 1030 g/mol. The second kappa shape index (κ2) is 17.3. The van der Waals surface area contributed by atoms with Crippen molar-refractivity contribution in [2.75, 3.05) is 5.32 Å². The third kappa shape index (κ3) is 7.60. The highest BCUT2D eigenvalue weighted by Gasteiger charge is 2.52. The van der Waals surface area contributed by atoms with Crippen molar-refractivity contribution in [1.82, 2.24) is 28.2 Å². The molecule has 0 unspecified atom stereocenters. The van der Waals surface area contributed by atoms with Gasteiger partial charge in [-0.15, -0.1) is 0 Å². The third-order valence-corrected chi connectivity index (χ3v) is 19.1. The van der Waals surface area contributed by atoms with Crippen LogP contribution in [-0.2, 0) is 0 Å². The van der Waals surface area contributed by atoms with Crippen LogP contribution in [0.2, 0.25) is 0 Å². The normalized spacial score (nSPS) is 26.7. The molecule has 8 bridgehead atoms. The second-order valence-corrected chi connectivity index (χ2v) is 25.1. The number of benzene rings is 6. The van der Waals surface area contributed by atoms with Gasteiger partial charge in [-0.3, -0.25) is 0 Å². The van der Waals surface area contributed by atoms with Gasteiger partial charge in [-0.1, -0.05) is 84.9 Å². The second-order valence-electron chi connectivity index (χ2n) is 24.4. The molecule has 8 saturated carbocycles. The minimum absolute atomic E-state index is 0.232. The fourth-order valence-corrected chi connectivity index (χ4v) is 17.5. The third-order valence-electron chi connectivity index (χ3n) is 18.5. The molecule has 3 N–H and O–H groups in total. The summed E-state index contributed by atoms with van der Waals surface area (Å²) in [5, 5.41) is 9.23. The van der Waals surface area contributed by atoms with Gasteiger partial charge in [0, 0.05) is 44.7 Å². The Balaban J connectivity index is 0.000000115. The van der Waals surface area contributed by atoms with Gasteiger partial charge in [-0.25, -0.2) is 9.97 Å². The topological polar surface area (TPSA) is 83.5 Å². The maximum Gasteiger partial charge on any atom is 0.204 e. The van der Waals surface area contributed by atoms with Crippen molar-refractivity contribution in [2.45, 2.75) is 128 Å². The Hall–Kier alpha value is -5.90. The fraction of sp³-hybridized carbons (Fsp3) is 0.406. The van der Waals surface area contributed by atoms with Crippen molar-refractivity contribution >= 4 is 87.6 Å². The van der Waals surface area contributed by atoms with Gasteiger partial charge in [0.1, 0.15) is 11.0 Å². The van der Waals surface area contributed by atoms with Crippen molar-refractivity contribution in [3.05, 3.63) is 138 Å². The van der Waals surface area contributed by atoms with E-state index in [4.69, 9.17) is 15.7 Å². The number of aromatic nitrogens is 6. The summed E-state index contributed by atoms with van der Waals surface area (Å²) in [7, 11) is 0. The fourth-order valence-electron chi connectivity index (χ4n) is 16.7. The Kier molecular flexibility index (Phi) is 10.9. The zero-order valence-electron chi connectivity index (χ0n) is 42.9. The van der Waals surface area contributed by atoms with E-state index in [1.165, 1.54) is 126 Å². The number of hydrogen-bond acceptors (Lipinski definition) is 4. The minimum atomic E-state index is 0.232. The molecule has 8 aliphatic rings. The Morgan fingerprint density at radius 3 is 1.18 bits per heavy atom. The minimum Gasteiger partial charge on any atom is -0.350 e. The molecule has 8 fully saturated rings. The van der Waals surface area contributed by atoms with E-state index < -0.39 is 0 Å². The number of nitrogens with zero attached hydrogens (tertiary/aromatic N) is 6. The van der Waals surface area contributed by atoms with Gasteiger partial charge in [0.2, 0.25) is 5.95 Å². The summed E-state index contributed by atoms with van der Waals surface area (Å²) in [4.78, 5) is 10.3. The smallest absolute Gasteiger partial charge is 0.204 e. The molecule has 0 radical (unpaired) electrons. The summed E-state index contributed by atoms with van der Waals surface area (Å²) in [5.74, 6) is 6.86. The van der Waals surface area contributed by atoms with Crippen molar-refractivity contribution in [1.29, 1.82) is 0 Å². The summed E-state index contributed by atoms with van der Waals surface area (Å²) in [6, 6.07) is 48.5. The molecule has 8 aliphatic carbocycles. The van der Waals surface area contributed by atoms with Crippen LogP contribution in [0.4, 0.5) is 5.95 Å². The first-order valence-electron chi connectivity index (χ1n) is 27.7. The van der Waals surface area contributed by atoms with Gasteiger partial charge in [0.05, 0.1) is 44.5 Å². The van der Waals surface area contributed by atoms with Gasteiger partial charge >= 0.3 is 0 Å². The molecule has 0 aliphatic heterocycles. The lowest BCUT2D eigenvalue weighted by Crippen LogP contribution is -2.55. The summed E-state index contributed by atoms with van der Waals surface area (Å²) in [6.45, 7) is 8.94. The number of anilines is 1. The molecule has 0 atom stereocenters. The van der Waals surface area contributed by atoms with Gasteiger partial charge in [-0.2, -0.15) is 0 Å². The average molecular weight is 1030 g/mol. The standard InChI is InChI=1S/C32H34N4.C22H18BrN3.C10H17N/c1-20(2)35-28-12-7-13-29(36-26-10-5-3-8-24(26)25-9-4-6-11-27(25)36)30(28)33-31(35)34-32-17-21-14-22(18-32)16-23(15-21)19-32;1-14(2)25-19-12-7-13-20(21(19)24-22(25)23)26-17-10-5-3-8-15(17)16-9-4-6-11-18(16)26;11-10-4-7-1-8(5-10)3-9(2-7)6-10/h3-13,20-23H,14-19H2,1-2H3,(H,33,34);3-14H,1-2H3;7-9H,1-6,11H2. The predicted octanol–water partition coefficient (Wildman–Crippen LogP) is 16.5. The maximum absolute atomic E-state index is 6.32. The van der Waals surface area contributed by atoms with Crippen molar-refractivity contribution in [2.24, 2.45) is 41.2 Å². The van der Waals surface area contributed by atoms with Crippen molar-refractivity contribution in [3.8, 4) is 11.4 Å². The Morgan fingerprint density at radius 1 is 0.452 bits per heavy atom. The number of nitrogens with one attached hydrogen (secondary N) is 1. The number of rotatable bonds is 6. The van der Waals surface area contributed by atoms with Crippen molar-refractivity contribution in [3.63, 3.8) is 0 Å². The van der Waals surface area contributed by atoms with E-state index in [1.54, 1.807) is 0 Å². The van der Waals surface area contributed by atoms with Crippen molar-refractivity contribution < 1.29 is 0 Å². The largest absolute Gasteiger partial charge is 0.350 e. The van der Waals surface area contributed by atoms with Gasteiger partial charge in [-0.05, 0) is 205 Å². The summed E-state index contributed by atoms with van der Waals surface area (Å²) >= 11 is 3.65. The zero-order chi connectivity index (χ0) is 49.3. The highest BCUT2D eigenvalue weighted by molar-refractivity contribution is 9.10. The quantitative estimate of drug-likeness (QED) is 0.174. The molecule has 0 spiro atoms. The number of imidazole rings is 2. The average Bonchev–Trinajstić information content (AvgIpc) is 4.10. The van der Waals surface area contributed by atoms with E-state index in [0.29, 0.717) is 17.6 Å². The van der Waals surface area contributed by atoms with Crippen LogP contribution in [0.1, 0.15) is 117 Å². The molecule has 4 aromatic heterocycles. The Bertz CT molecular complexity index is 3570. The highest BCUT2D eigenvalue weighted by atomic mass is 79.9.